The summed E-state index contributed by atoms with van der Waals surface area (Å²) in [7, 11) is 0. The number of ether oxygens (including phenoxy) is 1. The molecule has 1 aromatic heterocycles. The molecular weight excluding hydrogens is 366 g/mol. The smallest absolute Gasteiger partial charge is 0.341 e. The normalized spacial score (nSPS) is 12.7. The molecule has 138 valence electrons. The second kappa shape index (κ2) is 8.73. The van der Waals surface area contributed by atoms with Gasteiger partial charge in [0, 0.05) is 10.6 Å². The first-order chi connectivity index (χ1) is 12.6. The lowest BCUT2D eigenvalue weighted by Crippen LogP contribution is -2.16. The minimum absolute atomic E-state index is 0.0763. The molecule has 26 heavy (non-hydrogen) atoms. The van der Waals surface area contributed by atoms with Crippen LogP contribution in [0, 0.1) is 6.92 Å². The van der Waals surface area contributed by atoms with Crippen LogP contribution in [0.1, 0.15) is 45.3 Å². The number of thioether (sulfide) groups is 1. The molecule has 1 aliphatic carbocycles. The molecule has 6 heteroatoms. The Hall–Kier alpha value is -1.79. The van der Waals surface area contributed by atoms with Crippen molar-refractivity contribution in [1.82, 2.24) is 0 Å². The topological polar surface area (TPSA) is 55.4 Å². The minimum atomic E-state index is -0.325. The molecule has 3 rings (SSSR count). The Morgan fingerprint density at radius 3 is 2.73 bits per heavy atom. The number of fused-ring (bicyclic) bond motifs is 1. The quantitative estimate of drug-likeness (QED) is 0.704. The van der Waals surface area contributed by atoms with E-state index in [4.69, 9.17) is 4.74 Å². The van der Waals surface area contributed by atoms with Crippen LogP contribution in [0.5, 0.6) is 0 Å². The van der Waals surface area contributed by atoms with Crippen LogP contribution in [0.2, 0.25) is 0 Å². The molecule has 0 unspecified atom stereocenters. The Balaban J connectivity index is 1.60. The summed E-state index contributed by atoms with van der Waals surface area (Å²) in [6, 6.07) is 8.33. The number of aryl methyl sites for hydroxylation is 2. The largest absolute Gasteiger partial charge is 0.462 e. The maximum Gasteiger partial charge on any atom is 0.341 e. The molecule has 1 amide bonds. The average Bonchev–Trinajstić information content (AvgIpc) is 3.17. The van der Waals surface area contributed by atoms with Gasteiger partial charge < -0.3 is 10.1 Å². The second-order valence-corrected chi connectivity index (χ2v) is 8.40. The van der Waals surface area contributed by atoms with E-state index in [2.05, 4.69) is 36.5 Å². The molecular formula is C20H23NO3S2. The van der Waals surface area contributed by atoms with Crippen LogP contribution in [0.25, 0.3) is 0 Å². The van der Waals surface area contributed by atoms with Crippen molar-refractivity contribution in [3.8, 4) is 0 Å². The van der Waals surface area contributed by atoms with Gasteiger partial charge in [-0.1, -0.05) is 29.8 Å². The summed E-state index contributed by atoms with van der Waals surface area (Å²) in [6.07, 6.45) is 2.93. The number of esters is 1. The first-order valence-corrected chi connectivity index (χ1v) is 10.8. The van der Waals surface area contributed by atoms with E-state index < -0.39 is 0 Å². The van der Waals surface area contributed by atoms with E-state index in [1.165, 1.54) is 27.3 Å². The maximum absolute atomic E-state index is 12.3. The molecule has 1 aromatic carbocycles. The molecule has 0 spiro atoms. The summed E-state index contributed by atoms with van der Waals surface area (Å²) in [5, 5.41) is 3.58. The molecule has 1 N–H and O–H groups in total. The highest BCUT2D eigenvalue weighted by atomic mass is 32.2. The average molecular weight is 390 g/mol. The van der Waals surface area contributed by atoms with Crippen molar-refractivity contribution in [3.05, 3.63) is 51.4 Å². The zero-order chi connectivity index (χ0) is 18.5. The number of carbonyl (C=O) groups excluding carboxylic acids is 2. The number of benzene rings is 1. The summed E-state index contributed by atoms with van der Waals surface area (Å²) in [4.78, 5) is 25.9. The number of carbonyl (C=O) groups is 2. The molecule has 0 saturated heterocycles. The summed E-state index contributed by atoms with van der Waals surface area (Å²) in [5.74, 6) is 0.750. The van der Waals surface area contributed by atoms with Crippen molar-refractivity contribution >= 4 is 40.0 Å². The number of anilines is 1. The molecule has 1 aliphatic rings. The zero-order valence-electron chi connectivity index (χ0n) is 15.1. The fraction of sp³-hybridized carbons (Fsp3) is 0.400. The third-order valence-electron chi connectivity index (χ3n) is 4.28. The Labute approximate surface area is 162 Å². The van der Waals surface area contributed by atoms with Crippen LogP contribution >= 0.6 is 23.1 Å². The monoisotopic (exact) mass is 389 g/mol. The number of hydrogen-bond acceptors (Lipinski definition) is 5. The van der Waals surface area contributed by atoms with Crippen LogP contribution < -0.4 is 5.32 Å². The van der Waals surface area contributed by atoms with Gasteiger partial charge in [-0.3, -0.25) is 4.79 Å². The summed E-state index contributed by atoms with van der Waals surface area (Å²) < 4.78 is 5.19. The van der Waals surface area contributed by atoms with Gasteiger partial charge in [-0.15, -0.1) is 23.1 Å². The lowest BCUT2D eigenvalue weighted by atomic mass is 10.1. The molecule has 0 bridgehead atoms. The van der Waals surface area contributed by atoms with E-state index in [1.54, 1.807) is 18.7 Å². The van der Waals surface area contributed by atoms with E-state index in [1.807, 2.05) is 0 Å². The van der Waals surface area contributed by atoms with E-state index in [0.29, 0.717) is 22.9 Å². The van der Waals surface area contributed by atoms with Crippen molar-refractivity contribution < 1.29 is 14.3 Å². The van der Waals surface area contributed by atoms with Gasteiger partial charge in [-0.05, 0) is 44.2 Å². The first-order valence-electron chi connectivity index (χ1n) is 8.83. The van der Waals surface area contributed by atoms with E-state index in [9.17, 15) is 9.59 Å². The van der Waals surface area contributed by atoms with Gasteiger partial charge in [0.05, 0.1) is 17.9 Å². The molecule has 0 atom stereocenters. The predicted molar refractivity (Wildman–Crippen MR) is 108 cm³/mol. The fourth-order valence-electron chi connectivity index (χ4n) is 3.02. The van der Waals surface area contributed by atoms with Crippen LogP contribution in [0.15, 0.2) is 24.3 Å². The lowest BCUT2D eigenvalue weighted by Gasteiger charge is -2.08. The summed E-state index contributed by atoms with van der Waals surface area (Å²) >= 11 is 3.09. The van der Waals surface area contributed by atoms with Crippen molar-refractivity contribution in [2.24, 2.45) is 0 Å². The van der Waals surface area contributed by atoms with Crippen molar-refractivity contribution in [3.63, 3.8) is 0 Å². The Morgan fingerprint density at radius 1 is 1.23 bits per heavy atom. The van der Waals surface area contributed by atoms with Crippen LogP contribution in [-0.4, -0.2) is 24.2 Å². The highest BCUT2D eigenvalue weighted by Crippen LogP contribution is 2.39. The Kier molecular flexibility index (Phi) is 6.38. The van der Waals surface area contributed by atoms with Gasteiger partial charge in [-0.2, -0.15) is 0 Å². The van der Waals surface area contributed by atoms with Crippen LogP contribution in [0.4, 0.5) is 5.00 Å². The number of nitrogens with one attached hydrogen (secondary N) is 1. The van der Waals surface area contributed by atoms with Crippen molar-refractivity contribution in [2.75, 3.05) is 17.7 Å². The third kappa shape index (κ3) is 4.48. The van der Waals surface area contributed by atoms with E-state index in [-0.39, 0.29) is 11.9 Å². The predicted octanol–water partition coefficient (Wildman–Crippen LogP) is 4.59. The molecule has 4 nitrogen and oxygen atoms in total. The first kappa shape index (κ1) is 19.0. The van der Waals surface area contributed by atoms with E-state index in [0.717, 1.165) is 30.6 Å². The van der Waals surface area contributed by atoms with Crippen LogP contribution in [0.3, 0.4) is 0 Å². The molecule has 0 fully saturated rings. The highest BCUT2D eigenvalue weighted by molar-refractivity contribution is 7.99. The SMILES string of the molecule is CCOC(=O)c1c(NC(=O)CSCc2ccc(C)cc2)sc2c1CCC2. The third-order valence-corrected chi connectivity index (χ3v) is 6.49. The van der Waals surface area contributed by atoms with Gasteiger partial charge >= 0.3 is 5.97 Å². The summed E-state index contributed by atoms with van der Waals surface area (Å²) in [6.45, 7) is 4.19. The second-order valence-electron chi connectivity index (χ2n) is 6.31. The van der Waals surface area contributed by atoms with Crippen molar-refractivity contribution in [1.29, 1.82) is 0 Å². The fourth-order valence-corrected chi connectivity index (χ4v) is 5.10. The zero-order valence-corrected chi connectivity index (χ0v) is 16.7. The number of rotatable bonds is 7. The number of thiophene rings is 1. The Bertz CT molecular complexity index is 796. The molecule has 0 saturated carbocycles. The maximum atomic E-state index is 12.3. The van der Waals surface area contributed by atoms with Gasteiger partial charge in [0.15, 0.2) is 0 Å². The highest BCUT2D eigenvalue weighted by Gasteiger charge is 2.28. The number of hydrogen-bond donors (Lipinski definition) is 1. The number of amides is 1. The molecule has 1 heterocycles. The standard InChI is InChI=1S/C20H23NO3S2/c1-3-24-20(23)18-15-5-4-6-16(15)26-19(18)21-17(22)12-25-11-14-9-7-13(2)8-10-14/h7-10H,3-6,11-12H2,1-2H3,(H,21,22). The van der Waals surface area contributed by atoms with Gasteiger partial charge in [-0.25, -0.2) is 4.79 Å². The molecule has 0 radical (unpaired) electrons. The van der Waals surface area contributed by atoms with Crippen molar-refractivity contribution in [2.45, 2.75) is 38.9 Å². The van der Waals surface area contributed by atoms with Gasteiger partial charge in [0.1, 0.15) is 5.00 Å². The minimum Gasteiger partial charge on any atom is -0.462 e. The Morgan fingerprint density at radius 2 is 2.00 bits per heavy atom. The van der Waals surface area contributed by atoms with Gasteiger partial charge in [0.2, 0.25) is 5.91 Å². The van der Waals surface area contributed by atoms with Crippen LogP contribution in [-0.2, 0) is 28.1 Å². The molecule has 2 aromatic rings. The lowest BCUT2D eigenvalue weighted by molar-refractivity contribution is -0.113. The van der Waals surface area contributed by atoms with E-state index >= 15 is 0 Å². The molecule has 0 aliphatic heterocycles. The summed E-state index contributed by atoms with van der Waals surface area (Å²) in [5.41, 5.74) is 4.07. The van der Waals surface area contributed by atoms with Gasteiger partial charge in [0.25, 0.3) is 0 Å².